The molecule has 0 aliphatic carbocycles. The predicted octanol–water partition coefficient (Wildman–Crippen LogP) is 15.0. The first kappa shape index (κ1) is 31.4. The van der Waals surface area contributed by atoms with Gasteiger partial charge < -0.3 is 0 Å². The van der Waals surface area contributed by atoms with Crippen molar-refractivity contribution in [2.45, 2.75) is 6.92 Å². The van der Waals surface area contributed by atoms with Crippen molar-refractivity contribution in [2.24, 2.45) is 0 Å². The van der Waals surface area contributed by atoms with Crippen LogP contribution in [0.25, 0.3) is 109 Å². The summed E-state index contributed by atoms with van der Waals surface area (Å²) in [6, 6.07) is 67.2. The molecule has 0 saturated carbocycles. The van der Waals surface area contributed by atoms with Gasteiger partial charge in [-0.1, -0.05) is 164 Å². The predicted molar refractivity (Wildman–Crippen MR) is 236 cm³/mol. The maximum Gasteiger partial charge on any atom is 0.0273 e. The molecule has 0 saturated heterocycles. The second kappa shape index (κ2) is 12.5. The van der Waals surface area contributed by atoms with Crippen LogP contribution in [0.15, 0.2) is 194 Å². The molecule has 0 aliphatic heterocycles. The van der Waals surface area contributed by atoms with Crippen LogP contribution >= 0.6 is 0 Å². The van der Waals surface area contributed by atoms with Crippen LogP contribution in [0.3, 0.4) is 0 Å². The zero-order valence-corrected chi connectivity index (χ0v) is 30.4. The van der Waals surface area contributed by atoms with Crippen molar-refractivity contribution in [2.75, 3.05) is 0 Å². The van der Waals surface area contributed by atoms with Crippen molar-refractivity contribution in [1.82, 2.24) is 4.98 Å². The Kier molecular flexibility index (Phi) is 7.15. The Morgan fingerprint density at radius 2 is 0.782 bits per heavy atom. The molecule has 256 valence electrons. The van der Waals surface area contributed by atoms with E-state index in [0.29, 0.717) is 0 Å². The van der Waals surface area contributed by atoms with Gasteiger partial charge in [0.25, 0.3) is 0 Å². The monoisotopic (exact) mass is 697 g/mol. The minimum absolute atomic E-state index is 1.18. The summed E-state index contributed by atoms with van der Waals surface area (Å²) >= 11 is 0. The molecule has 11 aromatic rings. The quantitative estimate of drug-likeness (QED) is 0.132. The molecule has 1 aromatic heterocycles. The molecule has 0 spiro atoms. The molecule has 10 aromatic carbocycles. The van der Waals surface area contributed by atoms with Gasteiger partial charge in [-0.15, -0.1) is 0 Å². The minimum Gasteiger partial charge on any atom is -0.265 e. The van der Waals surface area contributed by atoms with E-state index in [1.807, 2.05) is 12.4 Å². The van der Waals surface area contributed by atoms with Gasteiger partial charge in [-0.25, -0.2) is 0 Å². The molecule has 0 amide bonds. The van der Waals surface area contributed by atoms with E-state index in [0.717, 1.165) is 0 Å². The molecule has 1 heteroatoms. The molecule has 0 unspecified atom stereocenters. The molecule has 1 heterocycles. The zero-order valence-electron chi connectivity index (χ0n) is 30.4. The van der Waals surface area contributed by atoms with E-state index in [2.05, 4.69) is 194 Å². The molecular weight excluding hydrogens is 663 g/mol. The first-order chi connectivity index (χ1) is 27.2. The van der Waals surface area contributed by atoms with Crippen LogP contribution in [-0.2, 0) is 0 Å². The van der Waals surface area contributed by atoms with E-state index >= 15 is 0 Å². The number of fused-ring (bicyclic) bond motifs is 8. The molecular formula is C54H35N. The number of hydrogen-bond donors (Lipinski definition) is 0. The molecule has 55 heavy (non-hydrogen) atoms. The Bertz CT molecular complexity index is 3250. The Morgan fingerprint density at radius 3 is 1.40 bits per heavy atom. The van der Waals surface area contributed by atoms with E-state index < -0.39 is 0 Å². The SMILES string of the molecule is Cc1cccc2ccc3cccc(-c4cccc5ccc6cc(-c7ccc(-c8c9ccccc9c(-c9ccncc9)c9ccccc89)cc7)ccc6c45)c3c12. The molecule has 1 nitrogen and oxygen atoms in total. The molecule has 0 aliphatic rings. The van der Waals surface area contributed by atoms with Crippen molar-refractivity contribution in [3.8, 4) is 44.5 Å². The number of hydrogen-bond acceptors (Lipinski definition) is 1. The van der Waals surface area contributed by atoms with Crippen LogP contribution in [0.5, 0.6) is 0 Å². The van der Waals surface area contributed by atoms with Gasteiger partial charge in [0.15, 0.2) is 0 Å². The molecule has 0 atom stereocenters. The van der Waals surface area contributed by atoms with Crippen molar-refractivity contribution in [3.63, 3.8) is 0 Å². The van der Waals surface area contributed by atoms with Crippen molar-refractivity contribution >= 4 is 64.6 Å². The van der Waals surface area contributed by atoms with Gasteiger partial charge in [0.05, 0.1) is 0 Å². The largest absolute Gasteiger partial charge is 0.265 e. The Balaban J connectivity index is 1.05. The fourth-order valence-electron chi connectivity index (χ4n) is 9.18. The zero-order chi connectivity index (χ0) is 36.5. The van der Waals surface area contributed by atoms with E-state index in [1.54, 1.807) is 0 Å². The van der Waals surface area contributed by atoms with Gasteiger partial charge in [-0.05, 0) is 140 Å². The standard InChI is InChI=1S/C54H35N/c1-34-9-6-10-36-23-24-38-12-8-18-49(54(38)50(34)36)48-17-7-11-37-25-26-42-33-41(27-28-43(42)51(37)48)35-19-21-39(22-20-35)52-44-13-2-4-15-46(44)53(40-29-31-55-32-30-40)47-16-5-3-14-45(47)52/h2-33H,1H3. The normalized spacial score (nSPS) is 11.7. The lowest BCUT2D eigenvalue weighted by molar-refractivity contribution is 1.33. The highest BCUT2D eigenvalue weighted by molar-refractivity contribution is 6.23. The average molecular weight is 698 g/mol. The van der Waals surface area contributed by atoms with Crippen LogP contribution in [0.1, 0.15) is 5.56 Å². The highest BCUT2D eigenvalue weighted by Crippen LogP contribution is 2.45. The van der Waals surface area contributed by atoms with Crippen molar-refractivity contribution in [3.05, 3.63) is 200 Å². The van der Waals surface area contributed by atoms with E-state index in [-0.39, 0.29) is 0 Å². The molecule has 0 bridgehead atoms. The third-order valence-electron chi connectivity index (χ3n) is 11.7. The molecule has 0 fully saturated rings. The maximum absolute atomic E-state index is 4.30. The molecule has 0 N–H and O–H groups in total. The highest BCUT2D eigenvalue weighted by atomic mass is 14.6. The van der Waals surface area contributed by atoms with Gasteiger partial charge in [0.1, 0.15) is 0 Å². The lowest BCUT2D eigenvalue weighted by Gasteiger charge is -2.18. The van der Waals surface area contributed by atoms with E-state index in [1.165, 1.54) is 115 Å². The summed E-state index contributed by atoms with van der Waals surface area (Å²) in [5.74, 6) is 0. The maximum atomic E-state index is 4.30. The van der Waals surface area contributed by atoms with Crippen LogP contribution in [-0.4, -0.2) is 4.98 Å². The van der Waals surface area contributed by atoms with Gasteiger partial charge >= 0.3 is 0 Å². The number of rotatable bonds is 4. The van der Waals surface area contributed by atoms with Crippen molar-refractivity contribution < 1.29 is 0 Å². The van der Waals surface area contributed by atoms with Crippen LogP contribution in [0.4, 0.5) is 0 Å². The third kappa shape index (κ3) is 4.97. The first-order valence-electron chi connectivity index (χ1n) is 19.0. The van der Waals surface area contributed by atoms with E-state index in [4.69, 9.17) is 0 Å². The fourth-order valence-corrected chi connectivity index (χ4v) is 9.18. The third-order valence-corrected chi connectivity index (χ3v) is 11.7. The smallest absolute Gasteiger partial charge is 0.0273 e. The molecule has 0 radical (unpaired) electrons. The van der Waals surface area contributed by atoms with Crippen LogP contribution in [0, 0.1) is 6.92 Å². The summed E-state index contributed by atoms with van der Waals surface area (Å²) in [6.07, 6.45) is 3.76. The lowest BCUT2D eigenvalue weighted by Crippen LogP contribution is -1.91. The minimum atomic E-state index is 1.18. The van der Waals surface area contributed by atoms with Crippen LogP contribution < -0.4 is 0 Å². The van der Waals surface area contributed by atoms with Crippen molar-refractivity contribution in [1.29, 1.82) is 0 Å². The summed E-state index contributed by atoms with van der Waals surface area (Å²) in [7, 11) is 0. The van der Waals surface area contributed by atoms with Gasteiger partial charge in [-0.3, -0.25) is 4.98 Å². The Hall–Kier alpha value is -7.09. The average Bonchev–Trinajstić information content (AvgIpc) is 3.25. The summed E-state index contributed by atoms with van der Waals surface area (Å²) in [6.45, 7) is 2.23. The highest BCUT2D eigenvalue weighted by Gasteiger charge is 2.17. The summed E-state index contributed by atoms with van der Waals surface area (Å²) in [5, 5.41) is 15.3. The summed E-state index contributed by atoms with van der Waals surface area (Å²) in [5.41, 5.74) is 11.2. The van der Waals surface area contributed by atoms with Gasteiger partial charge in [0.2, 0.25) is 0 Å². The lowest BCUT2D eigenvalue weighted by atomic mass is 9.86. The van der Waals surface area contributed by atoms with E-state index in [9.17, 15) is 0 Å². The molecule has 11 rings (SSSR count). The number of aryl methyl sites for hydroxylation is 1. The van der Waals surface area contributed by atoms with Gasteiger partial charge in [-0.2, -0.15) is 0 Å². The fraction of sp³-hybridized carbons (Fsp3) is 0.0185. The number of aromatic nitrogens is 1. The number of pyridine rings is 1. The first-order valence-corrected chi connectivity index (χ1v) is 19.0. The number of benzene rings is 10. The van der Waals surface area contributed by atoms with Crippen LogP contribution in [0.2, 0.25) is 0 Å². The second-order valence-electron chi connectivity index (χ2n) is 14.7. The second-order valence-corrected chi connectivity index (χ2v) is 14.7. The number of nitrogens with zero attached hydrogens (tertiary/aromatic N) is 1. The Morgan fingerprint density at radius 1 is 0.309 bits per heavy atom. The summed E-state index contributed by atoms with van der Waals surface area (Å²) < 4.78 is 0. The van der Waals surface area contributed by atoms with Gasteiger partial charge in [0, 0.05) is 12.4 Å². The topological polar surface area (TPSA) is 12.9 Å². The summed E-state index contributed by atoms with van der Waals surface area (Å²) in [4.78, 5) is 4.30. The Labute approximate surface area is 319 Å².